The highest BCUT2D eigenvalue weighted by atomic mass is 35.5. The maximum absolute atomic E-state index is 11.3. The van der Waals surface area contributed by atoms with Crippen molar-refractivity contribution in [2.24, 2.45) is 0 Å². The van der Waals surface area contributed by atoms with Crippen LogP contribution in [0, 0.1) is 6.92 Å². The molecule has 0 radical (unpaired) electrons. The molecule has 0 fully saturated rings. The third-order valence-electron chi connectivity index (χ3n) is 1.75. The zero-order chi connectivity index (χ0) is 10.1. The van der Waals surface area contributed by atoms with E-state index >= 15 is 0 Å². The molecule has 1 aromatic rings. The molecular weight excluding hydrogens is 210 g/mol. The molecule has 0 saturated carbocycles. The Morgan fingerprint density at radius 1 is 1.46 bits per heavy atom. The highest BCUT2D eigenvalue weighted by Gasteiger charge is 2.12. The molecule has 0 bridgehead atoms. The van der Waals surface area contributed by atoms with Crippen LogP contribution in [-0.4, -0.2) is 13.6 Å². The molecule has 0 aliphatic carbocycles. The molecule has 0 aliphatic heterocycles. The Bertz CT molecular complexity index is 414. The zero-order valence-corrected chi connectivity index (χ0v) is 8.69. The molecule has 1 aromatic carbocycles. The summed E-state index contributed by atoms with van der Waals surface area (Å²) in [6.45, 7) is 1.81. The molecule has 5 heteroatoms. The summed E-state index contributed by atoms with van der Waals surface area (Å²) in [6, 6.07) is 4.59. The molecule has 72 valence electrons. The third-order valence-corrected chi connectivity index (χ3v) is 3.87. The number of hydrogen-bond acceptors (Lipinski definition) is 3. The summed E-state index contributed by atoms with van der Waals surface area (Å²) >= 11 is 5.29. The quantitative estimate of drug-likeness (QED) is 0.607. The van der Waals surface area contributed by atoms with E-state index in [-0.39, 0.29) is 4.90 Å². The van der Waals surface area contributed by atoms with Gasteiger partial charge in [-0.3, -0.25) is 0 Å². The first-order chi connectivity index (χ1) is 5.97. The van der Waals surface area contributed by atoms with Gasteiger partial charge in [-0.05, 0) is 24.6 Å². The largest absolute Gasteiger partial charge is 0.398 e. The second-order valence-electron chi connectivity index (χ2n) is 2.74. The molecular formula is C8H10ClNO2S. The van der Waals surface area contributed by atoms with Gasteiger partial charge in [0.15, 0.2) is 9.84 Å². The van der Waals surface area contributed by atoms with E-state index in [1.807, 2.05) is 6.92 Å². The van der Waals surface area contributed by atoms with Crippen LogP contribution >= 0.6 is 11.6 Å². The van der Waals surface area contributed by atoms with Crippen molar-refractivity contribution in [3.8, 4) is 0 Å². The smallest absolute Gasteiger partial charge is 0.192 e. The average Bonchev–Trinajstić information content (AvgIpc) is 2.09. The molecule has 13 heavy (non-hydrogen) atoms. The number of sulfone groups is 1. The Morgan fingerprint density at radius 3 is 2.54 bits per heavy atom. The van der Waals surface area contributed by atoms with E-state index in [2.05, 4.69) is 0 Å². The Labute approximate surface area is 82.4 Å². The number of halogens is 1. The van der Waals surface area contributed by atoms with Crippen LogP contribution in [0.2, 0.25) is 0 Å². The van der Waals surface area contributed by atoms with E-state index in [9.17, 15) is 8.42 Å². The fraction of sp³-hybridized carbons (Fsp3) is 0.250. The monoisotopic (exact) mass is 219 g/mol. The van der Waals surface area contributed by atoms with E-state index < -0.39 is 15.0 Å². The summed E-state index contributed by atoms with van der Waals surface area (Å²) in [7, 11) is -3.35. The summed E-state index contributed by atoms with van der Waals surface area (Å²) in [6.07, 6.45) is 0. The Kier molecular flexibility index (Phi) is 2.83. The molecule has 0 unspecified atom stereocenters. The van der Waals surface area contributed by atoms with Crippen molar-refractivity contribution in [1.82, 2.24) is 0 Å². The molecule has 0 saturated heterocycles. The predicted molar refractivity (Wildman–Crippen MR) is 53.5 cm³/mol. The average molecular weight is 220 g/mol. The number of rotatable bonds is 2. The van der Waals surface area contributed by atoms with Crippen LogP contribution in [0.4, 0.5) is 5.69 Å². The maximum atomic E-state index is 11.3. The minimum Gasteiger partial charge on any atom is -0.398 e. The van der Waals surface area contributed by atoms with Gasteiger partial charge in [0.05, 0.1) is 4.90 Å². The van der Waals surface area contributed by atoms with E-state index in [4.69, 9.17) is 17.3 Å². The standard InChI is InChI=1S/C8H10ClNO2S/c1-6-2-3-7(4-8(6)10)13(11,12)5-9/h2-4H,5,10H2,1H3. The molecule has 0 aliphatic rings. The van der Waals surface area contributed by atoms with Crippen LogP contribution in [-0.2, 0) is 9.84 Å². The molecule has 3 nitrogen and oxygen atoms in total. The first-order valence-electron chi connectivity index (χ1n) is 3.62. The van der Waals surface area contributed by atoms with E-state index in [1.165, 1.54) is 12.1 Å². The minimum absolute atomic E-state index is 0.172. The molecule has 2 N–H and O–H groups in total. The number of nitrogens with two attached hydrogens (primary N) is 1. The van der Waals surface area contributed by atoms with Gasteiger partial charge in [-0.2, -0.15) is 0 Å². The first kappa shape index (κ1) is 10.3. The van der Waals surface area contributed by atoms with Gasteiger partial charge in [-0.1, -0.05) is 6.07 Å². The van der Waals surface area contributed by atoms with Crippen LogP contribution in [0.25, 0.3) is 0 Å². The minimum atomic E-state index is -3.35. The Hall–Kier alpha value is -0.740. The zero-order valence-electron chi connectivity index (χ0n) is 7.12. The van der Waals surface area contributed by atoms with Gasteiger partial charge < -0.3 is 5.73 Å². The summed E-state index contributed by atoms with van der Waals surface area (Å²) in [5.41, 5.74) is 6.88. The van der Waals surface area contributed by atoms with E-state index in [0.717, 1.165) is 5.56 Å². The fourth-order valence-electron chi connectivity index (χ4n) is 0.875. The molecule has 0 atom stereocenters. The fourth-order valence-corrected chi connectivity index (χ4v) is 1.96. The van der Waals surface area contributed by atoms with Crippen molar-refractivity contribution in [1.29, 1.82) is 0 Å². The van der Waals surface area contributed by atoms with Crippen molar-refractivity contribution < 1.29 is 8.42 Å². The van der Waals surface area contributed by atoms with Gasteiger partial charge >= 0.3 is 0 Å². The topological polar surface area (TPSA) is 60.2 Å². The van der Waals surface area contributed by atoms with Gasteiger partial charge in [0.25, 0.3) is 0 Å². The van der Waals surface area contributed by atoms with Crippen LogP contribution in [0.15, 0.2) is 23.1 Å². The number of alkyl halides is 1. The molecule has 0 spiro atoms. The van der Waals surface area contributed by atoms with Crippen LogP contribution in [0.5, 0.6) is 0 Å². The van der Waals surface area contributed by atoms with Gasteiger partial charge in [-0.25, -0.2) is 8.42 Å². The number of hydrogen-bond donors (Lipinski definition) is 1. The predicted octanol–water partition coefficient (Wildman–Crippen LogP) is 1.55. The number of anilines is 1. The lowest BCUT2D eigenvalue weighted by Crippen LogP contribution is -2.03. The SMILES string of the molecule is Cc1ccc(S(=O)(=O)CCl)cc1N. The number of nitrogen functional groups attached to an aromatic ring is 1. The van der Waals surface area contributed by atoms with E-state index in [1.54, 1.807) is 6.07 Å². The molecule has 0 heterocycles. The van der Waals surface area contributed by atoms with Crippen molar-refractivity contribution in [2.45, 2.75) is 11.8 Å². The normalized spacial score (nSPS) is 11.5. The summed E-state index contributed by atoms with van der Waals surface area (Å²) in [4.78, 5) is 0.172. The molecule has 0 aromatic heterocycles. The maximum Gasteiger partial charge on any atom is 0.192 e. The van der Waals surface area contributed by atoms with Gasteiger partial charge in [0.2, 0.25) is 0 Å². The lowest BCUT2D eigenvalue weighted by molar-refractivity contribution is 0.600. The highest BCUT2D eigenvalue weighted by molar-refractivity contribution is 7.92. The van der Waals surface area contributed by atoms with Gasteiger partial charge in [0.1, 0.15) is 5.21 Å². The van der Waals surface area contributed by atoms with Gasteiger partial charge in [0, 0.05) is 5.69 Å². The van der Waals surface area contributed by atoms with Crippen LogP contribution < -0.4 is 5.73 Å². The lowest BCUT2D eigenvalue weighted by atomic mass is 10.2. The van der Waals surface area contributed by atoms with Crippen LogP contribution in [0.1, 0.15) is 5.56 Å². The van der Waals surface area contributed by atoms with Crippen molar-refractivity contribution >= 4 is 27.1 Å². The second kappa shape index (κ2) is 3.55. The summed E-state index contributed by atoms with van der Waals surface area (Å²) in [5, 5.41) is -0.421. The summed E-state index contributed by atoms with van der Waals surface area (Å²) < 4.78 is 22.6. The second-order valence-corrected chi connectivity index (χ2v) is 5.32. The Balaban J connectivity index is 3.27. The number of benzene rings is 1. The van der Waals surface area contributed by atoms with Crippen LogP contribution in [0.3, 0.4) is 0 Å². The first-order valence-corrected chi connectivity index (χ1v) is 5.81. The number of aryl methyl sites for hydroxylation is 1. The van der Waals surface area contributed by atoms with Crippen molar-refractivity contribution in [3.05, 3.63) is 23.8 Å². The highest BCUT2D eigenvalue weighted by Crippen LogP contribution is 2.18. The summed E-state index contributed by atoms with van der Waals surface area (Å²) in [5.74, 6) is 0. The van der Waals surface area contributed by atoms with E-state index in [0.29, 0.717) is 5.69 Å². The lowest BCUT2D eigenvalue weighted by Gasteiger charge is -2.03. The van der Waals surface area contributed by atoms with Crippen molar-refractivity contribution in [2.75, 3.05) is 10.9 Å². The van der Waals surface area contributed by atoms with Crippen molar-refractivity contribution in [3.63, 3.8) is 0 Å². The van der Waals surface area contributed by atoms with Gasteiger partial charge in [-0.15, -0.1) is 11.6 Å². The Morgan fingerprint density at radius 2 is 2.08 bits per heavy atom. The molecule has 0 amide bonds. The third kappa shape index (κ3) is 2.14. The molecule has 1 rings (SSSR count).